The zero-order valence-corrected chi connectivity index (χ0v) is 27.4. The minimum Gasteiger partial charge on any atom is -0.487 e. The number of esters is 1. The van der Waals surface area contributed by atoms with Crippen LogP contribution in [-0.2, 0) is 16.1 Å². The van der Waals surface area contributed by atoms with Crippen molar-refractivity contribution in [1.82, 2.24) is 4.57 Å². The van der Waals surface area contributed by atoms with Crippen LogP contribution in [0.3, 0.4) is 0 Å². The Morgan fingerprint density at radius 2 is 2.00 bits per heavy atom. The first kappa shape index (κ1) is 28.5. The van der Waals surface area contributed by atoms with Crippen molar-refractivity contribution in [3.05, 3.63) is 113 Å². The third-order valence-corrected chi connectivity index (χ3v) is 9.68. The molecule has 3 heterocycles. The molecule has 0 spiro atoms. The molecule has 2 aromatic carbocycles. The molecule has 1 aliphatic rings. The van der Waals surface area contributed by atoms with E-state index in [9.17, 15) is 9.59 Å². The summed E-state index contributed by atoms with van der Waals surface area (Å²) in [5.74, 6) is 0.203. The summed E-state index contributed by atoms with van der Waals surface area (Å²) in [4.78, 5) is 33.0. The van der Waals surface area contributed by atoms with Crippen molar-refractivity contribution in [2.45, 2.75) is 26.5 Å². The second-order valence-corrected chi connectivity index (χ2v) is 13.3. The number of fused-ring (bicyclic) bond motifs is 1. The lowest BCUT2D eigenvalue weighted by atomic mass is 10.0. The van der Waals surface area contributed by atoms with Gasteiger partial charge < -0.3 is 9.47 Å². The summed E-state index contributed by atoms with van der Waals surface area (Å²) in [5.41, 5.74) is 2.35. The van der Waals surface area contributed by atoms with E-state index in [0.717, 1.165) is 23.1 Å². The average molecular weight is 803 g/mol. The fraction of sp³-hybridized carbons (Fsp3) is 0.179. The number of thiazole rings is 1. The predicted octanol–water partition coefficient (Wildman–Crippen LogP) is 6.30. The van der Waals surface area contributed by atoms with Crippen molar-refractivity contribution in [2.24, 2.45) is 4.99 Å². The van der Waals surface area contributed by atoms with Crippen LogP contribution in [0.15, 0.2) is 75.0 Å². The molecule has 11 heteroatoms. The summed E-state index contributed by atoms with van der Waals surface area (Å²) in [6.45, 7) is 4.07. The van der Waals surface area contributed by atoms with E-state index in [0.29, 0.717) is 38.0 Å². The number of thiophene rings is 1. The molecular formula is C28H21ClI2N2O4S2. The molecule has 6 nitrogen and oxygen atoms in total. The molecule has 0 N–H and O–H groups in total. The number of carbonyl (C=O) groups excluding carboxylic acids is 1. The standard InChI is InChI=1S/C28H21ClI2N2O4S2/c1-3-36-27(35)23-15(2)32-28-33(24(23)21-9-6-10-38-21)26(34)22(39-28)12-17-11-18(30)13-20(31)25(17)37-14-16-7-4-5-8-19(16)29/h4-13,24H,3,14H2,1-2H3/b22-12-/t24-/m1/s1. The molecule has 5 rings (SSSR count). The van der Waals surface area contributed by atoms with Gasteiger partial charge in [-0.3, -0.25) is 9.36 Å². The lowest BCUT2D eigenvalue weighted by Crippen LogP contribution is -2.39. The second-order valence-electron chi connectivity index (χ2n) is 8.50. The molecule has 0 amide bonds. The SMILES string of the molecule is CCOC(=O)C1=C(C)N=c2s/c(=C\c3cc(I)cc(I)c3OCc3ccccc3Cl)c(=O)n2[C@@H]1c1cccs1. The number of hydrogen-bond donors (Lipinski definition) is 0. The summed E-state index contributed by atoms with van der Waals surface area (Å²) >= 11 is 13.6. The molecule has 1 aliphatic heterocycles. The summed E-state index contributed by atoms with van der Waals surface area (Å²) in [6, 6.07) is 14.8. The van der Waals surface area contributed by atoms with Gasteiger partial charge in [-0.15, -0.1) is 11.3 Å². The van der Waals surface area contributed by atoms with E-state index in [1.165, 1.54) is 22.7 Å². The van der Waals surface area contributed by atoms with Gasteiger partial charge in [0.25, 0.3) is 5.56 Å². The monoisotopic (exact) mass is 802 g/mol. The van der Waals surface area contributed by atoms with Gasteiger partial charge in [0, 0.05) is 24.6 Å². The Hall–Kier alpha value is -2.00. The summed E-state index contributed by atoms with van der Waals surface area (Å²) in [5, 5.41) is 2.56. The Bertz CT molecular complexity index is 1780. The quantitative estimate of drug-likeness (QED) is 0.163. The molecule has 0 saturated carbocycles. The Labute approximate surface area is 264 Å². The van der Waals surface area contributed by atoms with Crippen LogP contribution in [0.25, 0.3) is 6.08 Å². The largest absolute Gasteiger partial charge is 0.487 e. The number of rotatable bonds is 7. The van der Waals surface area contributed by atoms with Crippen LogP contribution in [0.2, 0.25) is 5.02 Å². The topological polar surface area (TPSA) is 69.9 Å². The lowest BCUT2D eigenvalue weighted by molar-refractivity contribution is -0.139. The molecule has 0 bridgehead atoms. The van der Waals surface area contributed by atoms with E-state index in [-0.39, 0.29) is 12.2 Å². The van der Waals surface area contributed by atoms with Gasteiger partial charge in [-0.1, -0.05) is 47.2 Å². The van der Waals surface area contributed by atoms with Crippen molar-refractivity contribution in [2.75, 3.05) is 6.61 Å². The van der Waals surface area contributed by atoms with E-state index in [2.05, 4.69) is 50.2 Å². The minimum absolute atomic E-state index is 0.225. The Balaban J connectivity index is 1.63. The van der Waals surface area contributed by atoms with Crippen LogP contribution in [-0.4, -0.2) is 17.1 Å². The maximum absolute atomic E-state index is 13.9. The highest BCUT2D eigenvalue weighted by Gasteiger charge is 2.34. The molecule has 0 fully saturated rings. The van der Waals surface area contributed by atoms with E-state index < -0.39 is 12.0 Å². The third kappa shape index (κ3) is 5.90. The molecule has 1 atom stereocenters. The fourth-order valence-corrected chi connectivity index (χ4v) is 8.35. The fourth-order valence-electron chi connectivity index (χ4n) is 4.25. The van der Waals surface area contributed by atoms with E-state index in [4.69, 9.17) is 21.1 Å². The number of allylic oxidation sites excluding steroid dienone is 1. The smallest absolute Gasteiger partial charge is 0.338 e. The number of nitrogens with zero attached hydrogens (tertiary/aromatic N) is 2. The molecule has 0 saturated heterocycles. The second kappa shape index (κ2) is 12.2. The summed E-state index contributed by atoms with van der Waals surface area (Å²) < 4.78 is 15.6. The first-order chi connectivity index (χ1) is 18.8. The Morgan fingerprint density at radius 1 is 1.21 bits per heavy atom. The molecule has 200 valence electrons. The van der Waals surface area contributed by atoms with Gasteiger partial charge >= 0.3 is 5.97 Å². The maximum Gasteiger partial charge on any atom is 0.338 e. The van der Waals surface area contributed by atoms with Crippen molar-refractivity contribution >= 4 is 91.5 Å². The number of carbonyl (C=O) groups is 1. The van der Waals surface area contributed by atoms with E-state index in [1.807, 2.05) is 60.0 Å². The van der Waals surface area contributed by atoms with Crippen LogP contribution >= 0.6 is 79.5 Å². The Morgan fingerprint density at radius 3 is 2.72 bits per heavy atom. The van der Waals surface area contributed by atoms with Gasteiger partial charge in [0.05, 0.1) is 26.0 Å². The molecule has 4 aromatic rings. The zero-order chi connectivity index (χ0) is 27.7. The normalized spacial score (nSPS) is 15.2. The predicted molar refractivity (Wildman–Crippen MR) is 172 cm³/mol. The van der Waals surface area contributed by atoms with Gasteiger partial charge in [-0.25, -0.2) is 9.79 Å². The third-order valence-electron chi connectivity index (χ3n) is 5.98. The Kier molecular flexibility index (Phi) is 8.96. The van der Waals surface area contributed by atoms with Crippen molar-refractivity contribution in [3.63, 3.8) is 0 Å². The number of aromatic nitrogens is 1. The number of hydrogen-bond acceptors (Lipinski definition) is 7. The van der Waals surface area contributed by atoms with E-state index in [1.54, 1.807) is 18.4 Å². The van der Waals surface area contributed by atoms with Crippen LogP contribution in [0.4, 0.5) is 0 Å². The van der Waals surface area contributed by atoms with Crippen molar-refractivity contribution < 1.29 is 14.3 Å². The molecule has 0 aliphatic carbocycles. The lowest BCUT2D eigenvalue weighted by Gasteiger charge is -2.23. The van der Waals surface area contributed by atoms with Gasteiger partial charge in [0.2, 0.25) is 0 Å². The molecule has 0 unspecified atom stereocenters. The zero-order valence-electron chi connectivity index (χ0n) is 20.7. The average Bonchev–Trinajstić information content (AvgIpc) is 3.52. The van der Waals surface area contributed by atoms with Gasteiger partial charge in [-0.2, -0.15) is 0 Å². The molecule has 0 radical (unpaired) electrons. The minimum atomic E-state index is -0.602. The van der Waals surface area contributed by atoms with Crippen LogP contribution in [0.1, 0.15) is 35.9 Å². The van der Waals surface area contributed by atoms with E-state index >= 15 is 0 Å². The van der Waals surface area contributed by atoms with Crippen LogP contribution < -0.4 is 19.6 Å². The molecule has 2 aromatic heterocycles. The number of ether oxygens (including phenoxy) is 2. The van der Waals surface area contributed by atoms with Crippen molar-refractivity contribution in [1.29, 1.82) is 0 Å². The van der Waals surface area contributed by atoms with Crippen molar-refractivity contribution in [3.8, 4) is 5.75 Å². The van der Waals surface area contributed by atoms with Gasteiger partial charge in [-0.05, 0) is 94.8 Å². The van der Waals surface area contributed by atoms with Crippen LogP contribution in [0, 0.1) is 7.14 Å². The molecule has 39 heavy (non-hydrogen) atoms. The number of benzene rings is 2. The number of halogens is 3. The highest BCUT2D eigenvalue weighted by molar-refractivity contribution is 14.1. The summed E-state index contributed by atoms with van der Waals surface area (Å²) in [7, 11) is 0. The first-order valence-corrected chi connectivity index (χ1v) is 16.1. The van der Waals surface area contributed by atoms with Gasteiger partial charge in [0.15, 0.2) is 4.80 Å². The highest BCUT2D eigenvalue weighted by atomic mass is 127. The van der Waals surface area contributed by atoms with Gasteiger partial charge in [0.1, 0.15) is 18.4 Å². The van der Waals surface area contributed by atoms with Crippen LogP contribution in [0.5, 0.6) is 5.75 Å². The highest BCUT2D eigenvalue weighted by Crippen LogP contribution is 2.34. The molecular weight excluding hydrogens is 782 g/mol. The summed E-state index contributed by atoms with van der Waals surface area (Å²) in [6.07, 6.45) is 1.84. The first-order valence-electron chi connectivity index (χ1n) is 11.9. The maximum atomic E-state index is 13.9.